The zero-order valence-corrected chi connectivity index (χ0v) is 9.01. The van der Waals surface area contributed by atoms with Gasteiger partial charge in [-0.25, -0.2) is 9.97 Å². The number of nitrogens with one attached hydrogen (secondary N) is 1. The van der Waals surface area contributed by atoms with Crippen LogP contribution < -0.4 is 0 Å². The fourth-order valence-electron chi connectivity index (χ4n) is 1.56. The summed E-state index contributed by atoms with van der Waals surface area (Å²) in [6, 6.07) is 6.15. The highest BCUT2D eigenvalue weighted by molar-refractivity contribution is 7.13. The number of imidazole rings is 1. The van der Waals surface area contributed by atoms with Crippen LogP contribution in [0.1, 0.15) is 5.69 Å². The molecule has 0 amide bonds. The number of hydrogen-bond acceptors (Lipinski definition) is 3. The molecule has 15 heavy (non-hydrogen) atoms. The van der Waals surface area contributed by atoms with Crippen molar-refractivity contribution in [1.29, 1.82) is 0 Å². The summed E-state index contributed by atoms with van der Waals surface area (Å²) in [5.41, 5.74) is 4.26. The molecule has 4 heteroatoms. The van der Waals surface area contributed by atoms with Crippen molar-refractivity contribution in [2.75, 3.05) is 0 Å². The third-order valence-electron chi connectivity index (χ3n) is 2.29. The molecule has 2 aromatic heterocycles. The van der Waals surface area contributed by atoms with Gasteiger partial charge in [0.1, 0.15) is 5.01 Å². The molecule has 0 aliphatic rings. The third-order valence-corrected chi connectivity index (χ3v) is 3.30. The first-order valence-electron chi connectivity index (χ1n) is 4.68. The van der Waals surface area contributed by atoms with E-state index in [4.69, 9.17) is 0 Å². The van der Waals surface area contributed by atoms with Gasteiger partial charge < -0.3 is 4.98 Å². The lowest BCUT2D eigenvalue weighted by molar-refractivity contribution is 1.27. The van der Waals surface area contributed by atoms with Crippen molar-refractivity contribution in [3.8, 4) is 10.6 Å². The van der Waals surface area contributed by atoms with Crippen molar-refractivity contribution in [3.05, 3.63) is 35.6 Å². The molecule has 0 saturated heterocycles. The number of nitrogens with zero attached hydrogens (tertiary/aromatic N) is 2. The van der Waals surface area contributed by atoms with E-state index in [1.165, 1.54) is 0 Å². The number of thiazole rings is 1. The van der Waals surface area contributed by atoms with Gasteiger partial charge in [0, 0.05) is 16.6 Å². The van der Waals surface area contributed by atoms with E-state index in [1.807, 2.05) is 13.0 Å². The minimum absolute atomic E-state index is 0.993. The first-order valence-corrected chi connectivity index (χ1v) is 5.56. The lowest BCUT2D eigenvalue weighted by Gasteiger charge is -1.95. The number of aryl methyl sites for hydroxylation is 1. The predicted molar refractivity (Wildman–Crippen MR) is 61.9 cm³/mol. The number of rotatable bonds is 1. The van der Waals surface area contributed by atoms with Crippen LogP contribution in [0.3, 0.4) is 0 Å². The van der Waals surface area contributed by atoms with Gasteiger partial charge in [-0.3, -0.25) is 0 Å². The Hall–Kier alpha value is -1.68. The van der Waals surface area contributed by atoms with E-state index < -0.39 is 0 Å². The van der Waals surface area contributed by atoms with Gasteiger partial charge >= 0.3 is 0 Å². The van der Waals surface area contributed by atoms with Crippen molar-refractivity contribution in [1.82, 2.24) is 15.0 Å². The molecule has 0 aliphatic heterocycles. The summed E-state index contributed by atoms with van der Waals surface area (Å²) in [6.45, 7) is 2.01. The number of hydrogen-bond donors (Lipinski definition) is 1. The average molecular weight is 215 g/mol. The Kier molecular flexibility index (Phi) is 1.82. The molecule has 0 fully saturated rings. The van der Waals surface area contributed by atoms with Crippen LogP contribution in [-0.4, -0.2) is 15.0 Å². The summed E-state index contributed by atoms with van der Waals surface area (Å²) in [5, 5.41) is 3.12. The summed E-state index contributed by atoms with van der Waals surface area (Å²) in [7, 11) is 0. The smallest absolute Gasteiger partial charge is 0.123 e. The average Bonchev–Trinajstić information content (AvgIpc) is 2.84. The highest BCUT2D eigenvalue weighted by atomic mass is 32.1. The molecule has 1 aromatic carbocycles. The van der Waals surface area contributed by atoms with Gasteiger partial charge in [-0.1, -0.05) is 0 Å². The van der Waals surface area contributed by atoms with Gasteiger partial charge in [0.25, 0.3) is 0 Å². The predicted octanol–water partition coefficient (Wildman–Crippen LogP) is 2.99. The Balaban J connectivity index is 2.18. The maximum atomic E-state index is 4.46. The molecule has 0 saturated carbocycles. The standard InChI is InChI=1S/C11H9N3S/c1-7-5-15-11(14-7)8-2-3-9-10(4-8)13-6-12-9/h2-6H,1H3,(H,12,13). The fraction of sp³-hybridized carbons (Fsp3) is 0.0909. The lowest BCUT2D eigenvalue weighted by atomic mass is 10.2. The molecular formula is C11H9N3S. The Morgan fingerprint density at radius 3 is 3.07 bits per heavy atom. The number of fused-ring (bicyclic) bond motifs is 1. The molecule has 0 spiro atoms. The van der Waals surface area contributed by atoms with E-state index in [0.29, 0.717) is 0 Å². The Bertz CT molecular complexity index is 609. The monoisotopic (exact) mass is 215 g/mol. The normalized spacial score (nSPS) is 11.0. The largest absolute Gasteiger partial charge is 0.345 e. The van der Waals surface area contributed by atoms with Gasteiger partial charge in [0.15, 0.2) is 0 Å². The summed E-state index contributed by atoms with van der Waals surface area (Å²) >= 11 is 1.67. The zero-order chi connectivity index (χ0) is 10.3. The van der Waals surface area contributed by atoms with E-state index in [2.05, 4.69) is 32.5 Å². The van der Waals surface area contributed by atoms with Crippen molar-refractivity contribution in [2.24, 2.45) is 0 Å². The van der Waals surface area contributed by atoms with Crippen LogP contribution in [0, 0.1) is 6.92 Å². The van der Waals surface area contributed by atoms with Gasteiger partial charge in [-0.15, -0.1) is 11.3 Å². The molecule has 0 bridgehead atoms. The van der Waals surface area contributed by atoms with Gasteiger partial charge in [0.05, 0.1) is 17.4 Å². The first-order chi connectivity index (χ1) is 7.33. The van der Waals surface area contributed by atoms with E-state index in [-0.39, 0.29) is 0 Å². The van der Waals surface area contributed by atoms with Crippen molar-refractivity contribution in [2.45, 2.75) is 6.92 Å². The molecule has 0 atom stereocenters. The van der Waals surface area contributed by atoms with Gasteiger partial charge in [-0.2, -0.15) is 0 Å². The Morgan fingerprint density at radius 1 is 1.33 bits per heavy atom. The highest BCUT2D eigenvalue weighted by Gasteiger charge is 2.04. The maximum Gasteiger partial charge on any atom is 0.123 e. The second-order valence-electron chi connectivity index (χ2n) is 3.43. The van der Waals surface area contributed by atoms with Crippen LogP contribution in [0.4, 0.5) is 0 Å². The second-order valence-corrected chi connectivity index (χ2v) is 4.29. The SMILES string of the molecule is Cc1csc(-c2ccc3nc[nH]c3c2)n1. The molecule has 3 aromatic rings. The number of aromatic nitrogens is 3. The minimum Gasteiger partial charge on any atom is -0.345 e. The number of aromatic amines is 1. The number of benzene rings is 1. The molecule has 0 unspecified atom stereocenters. The van der Waals surface area contributed by atoms with Crippen molar-refractivity contribution in [3.63, 3.8) is 0 Å². The highest BCUT2D eigenvalue weighted by Crippen LogP contribution is 2.25. The quantitative estimate of drug-likeness (QED) is 0.678. The summed E-state index contributed by atoms with van der Waals surface area (Å²) in [4.78, 5) is 11.7. The second kappa shape index (κ2) is 3.17. The van der Waals surface area contributed by atoms with E-state index in [1.54, 1.807) is 17.7 Å². The molecule has 0 radical (unpaired) electrons. The Labute approximate surface area is 90.8 Å². The molecule has 2 heterocycles. The minimum atomic E-state index is 0.993. The van der Waals surface area contributed by atoms with E-state index in [0.717, 1.165) is 27.3 Å². The molecule has 3 rings (SSSR count). The lowest BCUT2D eigenvalue weighted by Crippen LogP contribution is -1.77. The summed E-state index contributed by atoms with van der Waals surface area (Å²) < 4.78 is 0. The molecule has 3 nitrogen and oxygen atoms in total. The molecule has 1 N–H and O–H groups in total. The maximum absolute atomic E-state index is 4.46. The zero-order valence-electron chi connectivity index (χ0n) is 8.19. The van der Waals surface area contributed by atoms with E-state index >= 15 is 0 Å². The third kappa shape index (κ3) is 1.43. The fourth-order valence-corrected chi connectivity index (χ4v) is 2.35. The van der Waals surface area contributed by atoms with Crippen molar-refractivity contribution >= 4 is 22.4 Å². The Morgan fingerprint density at radius 2 is 2.27 bits per heavy atom. The molecule has 74 valence electrons. The number of H-pyrrole nitrogens is 1. The molecule has 0 aliphatic carbocycles. The van der Waals surface area contributed by atoms with Crippen LogP contribution in [0.2, 0.25) is 0 Å². The van der Waals surface area contributed by atoms with Crippen LogP contribution in [-0.2, 0) is 0 Å². The van der Waals surface area contributed by atoms with Crippen LogP contribution in [0.25, 0.3) is 21.6 Å². The van der Waals surface area contributed by atoms with Crippen LogP contribution in [0.15, 0.2) is 29.9 Å². The van der Waals surface area contributed by atoms with Crippen molar-refractivity contribution < 1.29 is 0 Å². The van der Waals surface area contributed by atoms with Gasteiger partial charge in [-0.05, 0) is 25.1 Å². The van der Waals surface area contributed by atoms with E-state index in [9.17, 15) is 0 Å². The van der Waals surface area contributed by atoms with Crippen LogP contribution >= 0.6 is 11.3 Å². The first kappa shape index (κ1) is 8.61. The topological polar surface area (TPSA) is 41.6 Å². The van der Waals surface area contributed by atoms with Crippen LogP contribution in [0.5, 0.6) is 0 Å². The molecular weight excluding hydrogens is 206 g/mol. The van der Waals surface area contributed by atoms with Gasteiger partial charge in [0.2, 0.25) is 0 Å². The summed E-state index contributed by atoms with van der Waals surface area (Å²) in [5.74, 6) is 0. The summed E-state index contributed by atoms with van der Waals surface area (Å²) in [6.07, 6.45) is 1.71.